The van der Waals surface area contributed by atoms with Gasteiger partial charge in [-0.25, -0.2) is 14.8 Å². The molecule has 0 spiro atoms. The summed E-state index contributed by atoms with van der Waals surface area (Å²) in [6, 6.07) is 18.6. The Morgan fingerprint density at radius 3 is 2.04 bits per heavy atom. The summed E-state index contributed by atoms with van der Waals surface area (Å²) < 4.78 is 64.6. The van der Waals surface area contributed by atoms with Crippen molar-refractivity contribution in [3.05, 3.63) is 129 Å². The summed E-state index contributed by atoms with van der Waals surface area (Å²) in [6.45, 7) is -0.844. The monoisotopic (exact) mass is 717 g/mol. The Morgan fingerprint density at radius 1 is 0.769 bits per heavy atom. The molecule has 0 unspecified atom stereocenters. The number of nitro groups is 1. The van der Waals surface area contributed by atoms with Crippen molar-refractivity contribution >= 4 is 45.1 Å². The first-order chi connectivity index (χ1) is 24.8. The highest BCUT2D eigenvalue weighted by Gasteiger charge is 2.20. The third-order valence-electron chi connectivity index (χ3n) is 7.31. The van der Waals surface area contributed by atoms with Gasteiger partial charge in [0.1, 0.15) is 16.8 Å². The zero-order valence-corrected chi connectivity index (χ0v) is 27.5. The molecule has 0 fully saturated rings. The van der Waals surface area contributed by atoms with Crippen LogP contribution in [0.25, 0.3) is 21.8 Å². The van der Waals surface area contributed by atoms with Crippen LogP contribution in [-0.4, -0.2) is 45.0 Å². The lowest BCUT2D eigenvalue weighted by Crippen LogP contribution is -2.14. The van der Waals surface area contributed by atoms with Crippen LogP contribution in [0.3, 0.4) is 0 Å². The first-order valence-electron chi connectivity index (χ1n) is 15.2. The van der Waals surface area contributed by atoms with Gasteiger partial charge in [0.25, 0.3) is 11.6 Å². The number of hydrogen-bond donors (Lipinski definition) is 1. The van der Waals surface area contributed by atoms with Gasteiger partial charge in [0, 0.05) is 57.9 Å². The molecule has 0 saturated carbocycles. The van der Waals surface area contributed by atoms with E-state index in [0.29, 0.717) is 28.0 Å². The van der Waals surface area contributed by atoms with Crippen molar-refractivity contribution in [2.45, 2.75) is 34.0 Å². The van der Waals surface area contributed by atoms with E-state index in [2.05, 4.69) is 29.7 Å². The Hall–Kier alpha value is -6.71. The molecule has 0 aliphatic carbocycles. The fourth-order valence-corrected chi connectivity index (χ4v) is 4.99. The van der Waals surface area contributed by atoms with Gasteiger partial charge in [-0.3, -0.25) is 19.9 Å². The van der Waals surface area contributed by atoms with Gasteiger partial charge in [0.2, 0.25) is 0 Å². The maximum absolute atomic E-state index is 12.7. The molecule has 1 amide bonds. The van der Waals surface area contributed by atoms with Crippen molar-refractivity contribution in [1.29, 1.82) is 0 Å². The lowest BCUT2D eigenvalue weighted by atomic mass is 10.1. The van der Waals surface area contributed by atoms with E-state index in [-0.39, 0.29) is 50.8 Å². The number of aromatic nitrogens is 3. The molecule has 6 aromatic rings. The Balaban J connectivity index is 0.000000202. The van der Waals surface area contributed by atoms with Crippen LogP contribution in [0.1, 0.15) is 37.7 Å². The van der Waals surface area contributed by atoms with E-state index in [4.69, 9.17) is 4.74 Å². The number of hydrogen-bond acceptors (Lipinski definition) is 10. The average Bonchev–Trinajstić information content (AvgIpc) is 3.09. The Labute approximate surface area is 292 Å². The zero-order chi connectivity index (χ0) is 37.5. The predicted molar refractivity (Wildman–Crippen MR) is 181 cm³/mol. The van der Waals surface area contributed by atoms with Crippen LogP contribution < -0.4 is 19.5 Å². The average molecular weight is 718 g/mol. The third kappa shape index (κ3) is 8.71. The second-order valence-electron chi connectivity index (χ2n) is 11.0. The van der Waals surface area contributed by atoms with Crippen LogP contribution in [0, 0.1) is 30.9 Å². The smallest absolute Gasteiger partial charge is 0.387 e. The van der Waals surface area contributed by atoms with E-state index in [1.807, 2.05) is 6.92 Å². The fourth-order valence-electron chi connectivity index (χ4n) is 4.99. The Bertz CT molecular complexity index is 2290. The summed E-state index contributed by atoms with van der Waals surface area (Å²) in [5.41, 5.74) is 3.09. The van der Waals surface area contributed by atoms with E-state index in [1.54, 1.807) is 44.4 Å². The third-order valence-corrected chi connectivity index (χ3v) is 7.31. The summed E-state index contributed by atoms with van der Waals surface area (Å²) in [5, 5.41) is 14.2. The SMILES string of the molecule is Cc1cc(C(=O)Oc2ccc([N+](=O)[O-])cc2)c2cccc(OC(F)F)c2n1.Cc1ccc2c(C(=O)Nc3ccncc3C)ccc(OC(F)F)c2n1. The second kappa shape index (κ2) is 15.9. The number of pyridine rings is 3. The van der Waals surface area contributed by atoms with Gasteiger partial charge in [0.15, 0.2) is 11.5 Å². The Morgan fingerprint density at radius 2 is 1.40 bits per heavy atom. The number of fused-ring (bicyclic) bond motifs is 2. The number of non-ortho nitro benzene ring substituents is 1. The number of benzene rings is 3. The molecule has 1 N–H and O–H groups in total. The molecule has 0 saturated heterocycles. The number of carbonyl (C=O) groups excluding carboxylic acids is 2. The van der Waals surface area contributed by atoms with E-state index in [0.717, 1.165) is 5.56 Å². The number of rotatable bonds is 9. The summed E-state index contributed by atoms with van der Waals surface area (Å²) in [5.74, 6) is -1.24. The van der Waals surface area contributed by atoms with Gasteiger partial charge in [0.05, 0.1) is 10.5 Å². The second-order valence-corrected chi connectivity index (χ2v) is 11.0. The maximum atomic E-state index is 12.7. The number of carbonyl (C=O) groups is 2. The zero-order valence-electron chi connectivity index (χ0n) is 27.5. The minimum atomic E-state index is -3.03. The van der Waals surface area contributed by atoms with Crippen molar-refractivity contribution in [2.75, 3.05) is 5.32 Å². The molecule has 16 heteroatoms. The summed E-state index contributed by atoms with van der Waals surface area (Å²) >= 11 is 0. The highest BCUT2D eigenvalue weighted by Crippen LogP contribution is 2.31. The number of para-hydroxylation sites is 1. The van der Waals surface area contributed by atoms with Crippen LogP contribution in [0.4, 0.5) is 28.9 Å². The van der Waals surface area contributed by atoms with Crippen LogP contribution in [-0.2, 0) is 0 Å². The minimum absolute atomic E-state index is 0.0645. The molecule has 3 aromatic carbocycles. The van der Waals surface area contributed by atoms with Crippen molar-refractivity contribution in [2.24, 2.45) is 0 Å². The molecule has 3 aromatic heterocycles. The fraction of sp³-hybridized carbons (Fsp3) is 0.139. The predicted octanol–water partition coefficient (Wildman–Crippen LogP) is 8.37. The molecule has 52 heavy (non-hydrogen) atoms. The van der Waals surface area contributed by atoms with E-state index in [9.17, 15) is 37.3 Å². The number of nitrogens with zero attached hydrogens (tertiary/aromatic N) is 4. The number of esters is 1. The van der Waals surface area contributed by atoms with Gasteiger partial charge in [-0.05, 0) is 74.9 Å². The van der Waals surface area contributed by atoms with E-state index < -0.39 is 24.1 Å². The van der Waals surface area contributed by atoms with Crippen LogP contribution in [0.5, 0.6) is 17.2 Å². The molecule has 3 heterocycles. The molecule has 0 bridgehead atoms. The highest BCUT2D eigenvalue weighted by atomic mass is 19.3. The lowest BCUT2D eigenvalue weighted by Gasteiger charge is -2.13. The topological polar surface area (TPSA) is 156 Å². The van der Waals surface area contributed by atoms with Crippen molar-refractivity contribution in [1.82, 2.24) is 15.0 Å². The van der Waals surface area contributed by atoms with Crippen LogP contribution in [0.2, 0.25) is 0 Å². The lowest BCUT2D eigenvalue weighted by molar-refractivity contribution is -0.384. The van der Waals surface area contributed by atoms with Gasteiger partial charge >= 0.3 is 19.2 Å². The normalized spacial score (nSPS) is 10.9. The molecule has 0 aliphatic rings. The van der Waals surface area contributed by atoms with E-state index in [1.165, 1.54) is 60.7 Å². The van der Waals surface area contributed by atoms with Crippen molar-refractivity contribution < 1.29 is 46.3 Å². The molecule has 6 rings (SSSR count). The van der Waals surface area contributed by atoms with E-state index >= 15 is 0 Å². The molecule has 0 atom stereocenters. The first-order valence-corrected chi connectivity index (χ1v) is 15.2. The highest BCUT2D eigenvalue weighted by molar-refractivity contribution is 6.13. The largest absolute Gasteiger partial charge is 0.432 e. The Kier molecular flexibility index (Phi) is 11.2. The molecule has 0 aliphatic heterocycles. The van der Waals surface area contributed by atoms with Gasteiger partial charge in [-0.1, -0.05) is 18.2 Å². The number of alkyl halides is 4. The number of ether oxygens (including phenoxy) is 3. The molecular formula is C36H27F4N5O7. The van der Waals surface area contributed by atoms with Gasteiger partial charge < -0.3 is 19.5 Å². The number of anilines is 1. The minimum Gasteiger partial charge on any atom is -0.432 e. The van der Waals surface area contributed by atoms with Crippen LogP contribution >= 0.6 is 0 Å². The standard InChI is InChI=1S/C18H15F2N3O2.C18H12F2N2O5/c1-10-9-21-8-7-14(10)23-17(24)13-5-6-15(25-18(19)20)16-12(13)4-3-11(2)22-16;1-10-9-14(13-3-2-4-15(16(13)21-10)27-18(19)20)17(23)26-12-7-5-11(6-8-12)22(24)25/h3-9,18H,1-2H3,(H,21,23,24);2-9,18H,1H3. The molecule has 266 valence electrons. The molecular weight excluding hydrogens is 690 g/mol. The molecule has 12 nitrogen and oxygen atoms in total. The molecule has 0 radical (unpaired) electrons. The maximum Gasteiger partial charge on any atom is 0.387 e. The number of aryl methyl sites for hydroxylation is 3. The number of nitro benzene ring substituents is 1. The summed E-state index contributed by atoms with van der Waals surface area (Å²) in [4.78, 5) is 47.7. The number of halogens is 4. The number of amides is 1. The summed E-state index contributed by atoms with van der Waals surface area (Å²) in [6.07, 6.45) is 3.21. The van der Waals surface area contributed by atoms with Crippen molar-refractivity contribution in [3.8, 4) is 17.2 Å². The summed E-state index contributed by atoms with van der Waals surface area (Å²) in [7, 11) is 0. The number of nitrogens with one attached hydrogen (secondary N) is 1. The quantitative estimate of drug-likeness (QED) is 0.0507. The van der Waals surface area contributed by atoms with Gasteiger partial charge in [-0.15, -0.1) is 0 Å². The van der Waals surface area contributed by atoms with Crippen molar-refractivity contribution in [3.63, 3.8) is 0 Å². The first kappa shape index (κ1) is 36.6. The van der Waals surface area contributed by atoms with Crippen LogP contribution in [0.15, 0.2) is 91.3 Å². The van der Waals surface area contributed by atoms with Gasteiger partial charge in [-0.2, -0.15) is 17.6 Å².